The summed E-state index contributed by atoms with van der Waals surface area (Å²) in [6.45, 7) is 3.61. The first-order chi connectivity index (χ1) is 9.63. The summed E-state index contributed by atoms with van der Waals surface area (Å²) in [6.07, 6.45) is 0.684. The van der Waals surface area contributed by atoms with Gasteiger partial charge in [-0.25, -0.2) is 0 Å². The molecule has 1 aromatic carbocycles. The van der Waals surface area contributed by atoms with Gasteiger partial charge in [0.15, 0.2) is 23.9 Å². The molecule has 0 aliphatic rings. The molecule has 0 saturated heterocycles. The maximum absolute atomic E-state index is 11.3. The van der Waals surface area contributed by atoms with E-state index >= 15 is 0 Å². The first kappa shape index (κ1) is 14.0. The third kappa shape index (κ3) is 3.14. The Bertz CT molecular complexity index is 607. The highest BCUT2D eigenvalue weighted by Gasteiger charge is 2.10. The number of carbonyl (C=O) groups is 1. The number of aromatic nitrogens is 2. The van der Waals surface area contributed by atoms with E-state index in [2.05, 4.69) is 10.1 Å². The average Bonchev–Trinajstić information content (AvgIpc) is 2.92. The molecule has 0 fully saturated rings. The topological polar surface area (TPSA) is 74.5 Å². The molecule has 106 valence electrons. The van der Waals surface area contributed by atoms with Gasteiger partial charge in [0.25, 0.3) is 0 Å². The lowest BCUT2D eigenvalue weighted by molar-refractivity contribution is 0.101. The van der Waals surface area contributed by atoms with E-state index in [0.29, 0.717) is 35.2 Å². The largest absolute Gasteiger partial charge is 0.493 e. The number of methoxy groups -OCH3 is 1. The summed E-state index contributed by atoms with van der Waals surface area (Å²) < 4.78 is 15.8. The van der Waals surface area contributed by atoms with E-state index in [1.165, 1.54) is 14.0 Å². The molecule has 20 heavy (non-hydrogen) atoms. The Labute approximate surface area is 116 Å². The first-order valence-corrected chi connectivity index (χ1v) is 6.27. The molecular formula is C14H16N2O4. The number of nitrogens with zero attached hydrogens (tertiary/aromatic N) is 2. The molecule has 0 aliphatic carbocycles. The minimum atomic E-state index is -0.0272. The van der Waals surface area contributed by atoms with Crippen molar-refractivity contribution < 1.29 is 18.8 Å². The van der Waals surface area contributed by atoms with Crippen molar-refractivity contribution in [3.63, 3.8) is 0 Å². The number of Topliss-reactive ketones (excluding diaryl/α,β-unsaturated/α-hetero) is 1. The molecule has 6 heteroatoms. The molecule has 0 radical (unpaired) electrons. The molecule has 0 spiro atoms. The monoisotopic (exact) mass is 276 g/mol. The number of hydrogen-bond donors (Lipinski definition) is 0. The summed E-state index contributed by atoms with van der Waals surface area (Å²) in [7, 11) is 1.52. The maximum atomic E-state index is 11.3. The molecular weight excluding hydrogens is 260 g/mol. The predicted octanol–water partition coefficient (Wildman–Crippen LogP) is 2.42. The van der Waals surface area contributed by atoms with Gasteiger partial charge in [-0.15, -0.1) is 0 Å². The SMILES string of the molecule is CCc1nc(COc2ccc(C(C)=O)cc2OC)no1. The first-order valence-electron chi connectivity index (χ1n) is 6.27. The minimum Gasteiger partial charge on any atom is -0.493 e. The summed E-state index contributed by atoms with van der Waals surface area (Å²) in [5.41, 5.74) is 0.571. The van der Waals surface area contributed by atoms with Crippen LogP contribution in [0.1, 0.15) is 35.9 Å². The van der Waals surface area contributed by atoms with Crippen LogP contribution in [0.3, 0.4) is 0 Å². The van der Waals surface area contributed by atoms with Crippen molar-refractivity contribution >= 4 is 5.78 Å². The highest BCUT2D eigenvalue weighted by atomic mass is 16.5. The Hall–Kier alpha value is -2.37. The number of carbonyl (C=O) groups excluding carboxylic acids is 1. The summed E-state index contributed by atoms with van der Waals surface area (Å²) in [5.74, 6) is 2.04. The normalized spacial score (nSPS) is 10.3. The van der Waals surface area contributed by atoms with E-state index in [-0.39, 0.29) is 12.4 Å². The summed E-state index contributed by atoms with van der Waals surface area (Å²) in [5, 5.41) is 3.80. The van der Waals surface area contributed by atoms with E-state index in [1.807, 2.05) is 6.92 Å². The van der Waals surface area contributed by atoms with E-state index in [9.17, 15) is 4.79 Å². The van der Waals surface area contributed by atoms with Gasteiger partial charge in [-0.3, -0.25) is 4.79 Å². The van der Waals surface area contributed by atoms with Crippen LogP contribution in [-0.4, -0.2) is 23.0 Å². The van der Waals surface area contributed by atoms with Crippen LogP contribution >= 0.6 is 0 Å². The van der Waals surface area contributed by atoms with Crippen LogP contribution < -0.4 is 9.47 Å². The molecule has 0 atom stereocenters. The highest BCUT2D eigenvalue weighted by molar-refractivity contribution is 5.94. The van der Waals surface area contributed by atoms with Crippen LogP contribution in [0.15, 0.2) is 22.7 Å². The predicted molar refractivity (Wildman–Crippen MR) is 71.0 cm³/mol. The molecule has 0 N–H and O–H groups in total. The van der Waals surface area contributed by atoms with Crippen molar-refractivity contribution in [2.45, 2.75) is 26.9 Å². The van der Waals surface area contributed by atoms with Crippen LogP contribution in [-0.2, 0) is 13.0 Å². The molecule has 0 bridgehead atoms. The number of ether oxygens (including phenoxy) is 2. The van der Waals surface area contributed by atoms with Crippen LogP contribution in [0.5, 0.6) is 11.5 Å². The second-order valence-corrected chi connectivity index (χ2v) is 4.17. The molecule has 1 aromatic heterocycles. The third-order valence-corrected chi connectivity index (χ3v) is 2.74. The Morgan fingerprint density at radius 1 is 1.35 bits per heavy atom. The molecule has 2 rings (SSSR count). The van der Waals surface area contributed by atoms with Crippen molar-refractivity contribution in [3.8, 4) is 11.5 Å². The molecule has 6 nitrogen and oxygen atoms in total. The quantitative estimate of drug-likeness (QED) is 0.754. The lowest BCUT2D eigenvalue weighted by Crippen LogP contribution is -2.01. The van der Waals surface area contributed by atoms with Gasteiger partial charge in [0, 0.05) is 12.0 Å². The number of rotatable bonds is 6. The zero-order chi connectivity index (χ0) is 14.5. The van der Waals surface area contributed by atoms with Gasteiger partial charge < -0.3 is 14.0 Å². The molecule has 0 amide bonds. The minimum absolute atomic E-state index is 0.0272. The maximum Gasteiger partial charge on any atom is 0.226 e. The highest BCUT2D eigenvalue weighted by Crippen LogP contribution is 2.28. The summed E-state index contributed by atoms with van der Waals surface area (Å²) >= 11 is 0. The van der Waals surface area contributed by atoms with Crippen molar-refractivity contribution in [2.75, 3.05) is 7.11 Å². The van der Waals surface area contributed by atoms with E-state index in [1.54, 1.807) is 18.2 Å². The fourth-order valence-corrected chi connectivity index (χ4v) is 1.64. The molecule has 0 unspecified atom stereocenters. The summed E-state index contributed by atoms with van der Waals surface area (Å²) in [4.78, 5) is 15.5. The molecule has 1 heterocycles. The molecule has 2 aromatic rings. The number of hydrogen-bond acceptors (Lipinski definition) is 6. The Morgan fingerprint density at radius 2 is 2.15 bits per heavy atom. The van der Waals surface area contributed by atoms with Gasteiger partial charge in [-0.2, -0.15) is 4.98 Å². The molecule has 0 saturated carbocycles. The number of ketones is 1. The lowest BCUT2D eigenvalue weighted by atomic mass is 10.1. The fraction of sp³-hybridized carbons (Fsp3) is 0.357. The van der Waals surface area contributed by atoms with Crippen LogP contribution in [0.2, 0.25) is 0 Å². The van der Waals surface area contributed by atoms with Crippen molar-refractivity contribution in [1.29, 1.82) is 0 Å². The lowest BCUT2D eigenvalue weighted by Gasteiger charge is -2.10. The van der Waals surface area contributed by atoms with E-state index in [0.717, 1.165) is 0 Å². The third-order valence-electron chi connectivity index (χ3n) is 2.74. The molecule has 0 aliphatic heterocycles. The second-order valence-electron chi connectivity index (χ2n) is 4.17. The van der Waals surface area contributed by atoms with Gasteiger partial charge in [-0.1, -0.05) is 12.1 Å². The van der Waals surface area contributed by atoms with E-state index in [4.69, 9.17) is 14.0 Å². The summed E-state index contributed by atoms with van der Waals surface area (Å²) in [6, 6.07) is 5.02. The Kier molecular flexibility index (Phi) is 4.34. The van der Waals surface area contributed by atoms with Gasteiger partial charge in [-0.05, 0) is 25.1 Å². The van der Waals surface area contributed by atoms with Gasteiger partial charge in [0.1, 0.15) is 0 Å². The average molecular weight is 276 g/mol. The number of benzene rings is 1. The van der Waals surface area contributed by atoms with Gasteiger partial charge in [0.05, 0.1) is 7.11 Å². The van der Waals surface area contributed by atoms with Gasteiger partial charge >= 0.3 is 0 Å². The smallest absolute Gasteiger partial charge is 0.226 e. The fourth-order valence-electron chi connectivity index (χ4n) is 1.64. The van der Waals surface area contributed by atoms with E-state index < -0.39 is 0 Å². The van der Waals surface area contributed by atoms with Crippen molar-refractivity contribution in [1.82, 2.24) is 10.1 Å². The van der Waals surface area contributed by atoms with Gasteiger partial charge in [0.2, 0.25) is 11.7 Å². The zero-order valence-corrected chi connectivity index (χ0v) is 11.7. The van der Waals surface area contributed by atoms with Crippen LogP contribution in [0.4, 0.5) is 0 Å². The van der Waals surface area contributed by atoms with Crippen LogP contribution in [0, 0.1) is 0 Å². The Morgan fingerprint density at radius 3 is 2.75 bits per heavy atom. The van der Waals surface area contributed by atoms with Crippen LogP contribution in [0.25, 0.3) is 0 Å². The second kappa shape index (κ2) is 6.18. The Balaban J connectivity index is 2.10. The standard InChI is InChI=1S/C14H16N2O4/c1-4-14-15-13(16-20-14)8-19-11-6-5-10(9(2)17)7-12(11)18-3/h5-7H,4,8H2,1-3H3. The zero-order valence-electron chi connectivity index (χ0n) is 11.7. The van der Waals surface area contributed by atoms with Crippen molar-refractivity contribution in [2.24, 2.45) is 0 Å². The van der Waals surface area contributed by atoms with Crippen molar-refractivity contribution in [3.05, 3.63) is 35.5 Å². The number of aryl methyl sites for hydroxylation is 1.